The maximum Gasteiger partial charge on any atom is 0.329 e. The van der Waals surface area contributed by atoms with Crippen molar-refractivity contribution in [1.29, 1.82) is 0 Å². The summed E-state index contributed by atoms with van der Waals surface area (Å²) in [7, 11) is 0. The molecule has 174 valence electrons. The summed E-state index contributed by atoms with van der Waals surface area (Å²) in [6.07, 6.45) is 2.43. The maximum atomic E-state index is 13.0. The molecule has 0 aliphatic carbocycles. The fourth-order valence-corrected chi connectivity index (χ4v) is 3.67. The summed E-state index contributed by atoms with van der Waals surface area (Å²) in [5.41, 5.74) is 2.46. The summed E-state index contributed by atoms with van der Waals surface area (Å²) in [5.74, 6) is -0.399. The van der Waals surface area contributed by atoms with Crippen LogP contribution < -0.4 is 15.4 Å². The first-order valence-electron chi connectivity index (χ1n) is 11.2. The van der Waals surface area contributed by atoms with Gasteiger partial charge in [-0.05, 0) is 55.3 Å². The Labute approximate surface area is 198 Å². The van der Waals surface area contributed by atoms with E-state index in [9.17, 15) is 14.4 Å². The van der Waals surface area contributed by atoms with Crippen LogP contribution in [0, 0.1) is 6.92 Å². The molecule has 0 radical (unpaired) electrons. The molecule has 7 heteroatoms. The molecule has 4 amide bonds. The standard InChI is InChI=1S/C27H27N3O4/c1-4-18(3)34-24-14-11-19-7-5-6-8-21(19)22(24)15-23-26(32)30(27(33)29-23)16-25(31)28-20-12-9-17(2)10-13-20/h5-15,18H,4,16H2,1-3H3,(H,28,31)(H,29,33)/b23-15+/t18-/m1/s1. The van der Waals surface area contributed by atoms with E-state index in [4.69, 9.17) is 4.74 Å². The Morgan fingerprint density at radius 1 is 1.09 bits per heavy atom. The SMILES string of the molecule is CC[C@@H](C)Oc1ccc2ccccc2c1/C=C1/NC(=O)N(CC(=O)Nc2ccc(C)cc2)C1=O. The van der Waals surface area contributed by atoms with Gasteiger partial charge in [0, 0.05) is 11.3 Å². The number of hydrogen-bond donors (Lipinski definition) is 2. The maximum absolute atomic E-state index is 13.0. The number of amides is 4. The average Bonchev–Trinajstić information content (AvgIpc) is 3.09. The van der Waals surface area contributed by atoms with E-state index in [2.05, 4.69) is 10.6 Å². The second-order valence-corrected chi connectivity index (χ2v) is 8.33. The van der Waals surface area contributed by atoms with E-state index in [0.29, 0.717) is 17.0 Å². The van der Waals surface area contributed by atoms with E-state index < -0.39 is 17.8 Å². The lowest BCUT2D eigenvalue weighted by Crippen LogP contribution is -2.38. The number of fused-ring (bicyclic) bond motifs is 1. The third-order valence-electron chi connectivity index (χ3n) is 5.72. The minimum Gasteiger partial charge on any atom is -0.490 e. The Morgan fingerprint density at radius 3 is 2.56 bits per heavy atom. The fourth-order valence-electron chi connectivity index (χ4n) is 3.67. The van der Waals surface area contributed by atoms with Crippen LogP contribution in [0.15, 0.2) is 66.4 Å². The van der Waals surface area contributed by atoms with Crippen molar-refractivity contribution in [3.05, 3.63) is 77.5 Å². The van der Waals surface area contributed by atoms with Crippen LogP contribution in [0.5, 0.6) is 5.75 Å². The quantitative estimate of drug-likeness (QED) is 0.392. The van der Waals surface area contributed by atoms with Crippen LogP contribution in [0.1, 0.15) is 31.4 Å². The number of ether oxygens (including phenoxy) is 1. The van der Waals surface area contributed by atoms with Crippen LogP contribution in [0.25, 0.3) is 16.8 Å². The number of rotatable bonds is 7. The molecule has 0 saturated carbocycles. The van der Waals surface area contributed by atoms with Gasteiger partial charge in [0.1, 0.15) is 18.0 Å². The topological polar surface area (TPSA) is 87.7 Å². The minimum atomic E-state index is -0.639. The molecule has 1 fully saturated rings. The normalized spacial score (nSPS) is 15.5. The molecule has 1 aliphatic heterocycles. The highest BCUT2D eigenvalue weighted by atomic mass is 16.5. The molecule has 0 bridgehead atoms. The van der Waals surface area contributed by atoms with Crippen LogP contribution in [-0.4, -0.2) is 35.4 Å². The van der Waals surface area contributed by atoms with Crippen molar-refractivity contribution in [3.63, 3.8) is 0 Å². The molecule has 0 unspecified atom stereocenters. The van der Waals surface area contributed by atoms with Gasteiger partial charge in [-0.3, -0.25) is 9.59 Å². The van der Waals surface area contributed by atoms with Crippen molar-refractivity contribution in [1.82, 2.24) is 10.2 Å². The fraction of sp³-hybridized carbons (Fsp3) is 0.222. The Morgan fingerprint density at radius 2 is 1.82 bits per heavy atom. The molecule has 34 heavy (non-hydrogen) atoms. The van der Waals surface area contributed by atoms with Crippen molar-refractivity contribution in [3.8, 4) is 5.75 Å². The van der Waals surface area contributed by atoms with Crippen molar-refractivity contribution in [2.45, 2.75) is 33.3 Å². The van der Waals surface area contributed by atoms with Crippen molar-refractivity contribution < 1.29 is 19.1 Å². The third kappa shape index (κ3) is 4.93. The molecule has 4 rings (SSSR count). The largest absolute Gasteiger partial charge is 0.490 e. The van der Waals surface area contributed by atoms with Gasteiger partial charge in [-0.15, -0.1) is 0 Å². The highest BCUT2D eigenvalue weighted by molar-refractivity contribution is 6.16. The zero-order chi connectivity index (χ0) is 24.2. The number of benzene rings is 3. The number of urea groups is 1. The minimum absolute atomic E-state index is 0.0193. The van der Waals surface area contributed by atoms with Crippen LogP contribution in [0.3, 0.4) is 0 Å². The first kappa shape index (κ1) is 23.0. The number of nitrogens with zero attached hydrogens (tertiary/aromatic N) is 1. The van der Waals surface area contributed by atoms with Crippen LogP contribution in [-0.2, 0) is 9.59 Å². The number of aryl methyl sites for hydroxylation is 1. The van der Waals surface area contributed by atoms with Gasteiger partial charge in [0.25, 0.3) is 5.91 Å². The van der Waals surface area contributed by atoms with E-state index in [1.807, 2.05) is 69.3 Å². The van der Waals surface area contributed by atoms with Gasteiger partial charge >= 0.3 is 6.03 Å². The smallest absolute Gasteiger partial charge is 0.329 e. The van der Waals surface area contributed by atoms with E-state index >= 15 is 0 Å². The zero-order valence-electron chi connectivity index (χ0n) is 19.4. The molecule has 1 aliphatic rings. The van der Waals surface area contributed by atoms with E-state index in [1.54, 1.807) is 18.2 Å². The van der Waals surface area contributed by atoms with E-state index in [1.165, 1.54) is 0 Å². The first-order chi connectivity index (χ1) is 16.4. The highest BCUT2D eigenvalue weighted by Crippen LogP contribution is 2.32. The number of hydrogen-bond acceptors (Lipinski definition) is 4. The van der Waals surface area contributed by atoms with Gasteiger partial charge in [-0.25, -0.2) is 9.69 Å². The second kappa shape index (κ2) is 9.79. The lowest BCUT2D eigenvalue weighted by atomic mass is 10.0. The van der Waals surface area contributed by atoms with Gasteiger partial charge in [0.15, 0.2) is 0 Å². The monoisotopic (exact) mass is 457 g/mol. The van der Waals surface area contributed by atoms with Crippen molar-refractivity contribution >= 4 is 40.4 Å². The Hall–Kier alpha value is -4.13. The van der Waals surface area contributed by atoms with Crippen LogP contribution in [0.4, 0.5) is 10.5 Å². The number of carbonyl (C=O) groups excluding carboxylic acids is 3. The summed E-state index contributed by atoms with van der Waals surface area (Å²) < 4.78 is 6.09. The van der Waals surface area contributed by atoms with Gasteiger partial charge in [-0.2, -0.15) is 0 Å². The summed E-state index contributed by atoms with van der Waals surface area (Å²) in [6.45, 7) is 5.57. The predicted molar refractivity (Wildman–Crippen MR) is 132 cm³/mol. The number of imide groups is 1. The second-order valence-electron chi connectivity index (χ2n) is 8.33. The Bertz CT molecular complexity index is 1280. The van der Waals surface area contributed by atoms with Gasteiger partial charge in [0.2, 0.25) is 5.91 Å². The summed E-state index contributed by atoms with van der Waals surface area (Å²) in [6, 6.07) is 18.2. The Kier molecular flexibility index (Phi) is 6.63. The van der Waals surface area contributed by atoms with Crippen molar-refractivity contribution in [2.24, 2.45) is 0 Å². The first-order valence-corrected chi connectivity index (χ1v) is 11.2. The molecule has 1 heterocycles. The summed E-state index contributed by atoms with van der Waals surface area (Å²) in [4.78, 5) is 38.9. The molecule has 1 saturated heterocycles. The number of anilines is 1. The predicted octanol–water partition coefficient (Wildman–Crippen LogP) is 4.86. The van der Waals surface area contributed by atoms with Crippen molar-refractivity contribution in [2.75, 3.05) is 11.9 Å². The van der Waals surface area contributed by atoms with Gasteiger partial charge in [0.05, 0.1) is 6.10 Å². The molecule has 2 N–H and O–H groups in total. The molecular formula is C27H27N3O4. The van der Waals surface area contributed by atoms with Gasteiger partial charge in [-0.1, -0.05) is 55.0 Å². The molecule has 1 atom stereocenters. The van der Waals surface area contributed by atoms with Crippen LogP contribution >= 0.6 is 0 Å². The molecular weight excluding hydrogens is 430 g/mol. The number of carbonyl (C=O) groups is 3. The number of nitrogens with one attached hydrogen (secondary N) is 2. The van der Waals surface area contributed by atoms with Gasteiger partial charge < -0.3 is 15.4 Å². The molecule has 0 aromatic heterocycles. The zero-order valence-corrected chi connectivity index (χ0v) is 19.4. The molecule has 3 aromatic rings. The molecule has 7 nitrogen and oxygen atoms in total. The van der Waals surface area contributed by atoms with E-state index in [-0.39, 0.29) is 18.3 Å². The third-order valence-corrected chi connectivity index (χ3v) is 5.72. The molecule has 3 aromatic carbocycles. The lowest BCUT2D eigenvalue weighted by Gasteiger charge is -2.17. The average molecular weight is 458 g/mol. The van der Waals surface area contributed by atoms with E-state index in [0.717, 1.165) is 27.7 Å². The Balaban J connectivity index is 1.60. The lowest BCUT2D eigenvalue weighted by molar-refractivity contribution is -0.127. The van der Waals surface area contributed by atoms with Crippen LogP contribution in [0.2, 0.25) is 0 Å². The highest BCUT2D eigenvalue weighted by Gasteiger charge is 2.35. The summed E-state index contributed by atoms with van der Waals surface area (Å²) in [5, 5.41) is 7.19. The summed E-state index contributed by atoms with van der Waals surface area (Å²) >= 11 is 0. The molecule has 0 spiro atoms.